The lowest BCUT2D eigenvalue weighted by molar-refractivity contribution is -0.137. The second-order valence-corrected chi connectivity index (χ2v) is 5.80. The molecular formula is C20H18F3NO2. The van der Waals surface area contributed by atoms with Crippen LogP contribution in [0.5, 0.6) is 0 Å². The van der Waals surface area contributed by atoms with Crippen LogP contribution >= 0.6 is 0 Å². The van der Waals surface area contributed by atoms with Gasteiger partial charge in [0.25, 0.3) is 0 Å². The minimum Gasteiger partial charge on any atom is -0.478 e. The number of halogens is 3. The monoisotopic (exact) mass is 361 g/mol. The van der Waals surface area contributed by atoms with E-state index < -0.39 is 17.7 Å². The molecule has 26 heavy (non-hydrogen) atoms. The SMILES string of the molecule is CN(C)c1cccc(C(=CC=CC(=O)O)c2ccc(C(F)(F)F)cc2)c1. The number of benzene rings is 2. The van der Waals surface area contributed by atoms with E-state index >= 15 is 0 Å². The summed E-state index contributed by atoms with van der Waals surface area (Å²) in [7, 11) is 3.76. The van der Waals surface area contributed by atoms with Gasteiger partial charge in [-0.1, -0.05) is 36.4 Å². The summed E-state index contributed by atoms with van der Waals surface area (Å²) < 4.78 is 38.3. The van der Waals surface area contributed by atoms with Gasteiger partial charge in [-0.15, -0.1) is 0 Å². The molecule has 0 radical (unpaired) electrons. The molecule has 0 amide bonds. The van der Waals surface area contributed by atoms with E-state index in [1.165, 1.54) is 18.2 Å². The lowest BCUT2D eigenvalue weighted by Crippen LogP contribution is -2.08. The minimum atomic E-state index is -4.41. The van der Waals surface area contributed by atoms with Crippen molar-refractivity contribution in [2.24, 2.45) is 0 Å². The van der Waals surface area contributed by atoms with Gasteiger partial charge < -0.3 is 10.0 Å². The van der Waals surface area contributed by atoms with Crippen LogP contribution < -0.4 is 4.90 Å². The molecule has 0 aliphatic rings. The third kappa shape index (κ3) is 4.99. The van der Waals surface area contributed by atoms with Crippen LogP contribution in [0, 0.1) is 0 Å². The number of hydrogen-bond acceptors (Lipinski definition) is 2. The van der Waals surface area contributed by atoms with Crippen molar-refractivity contribution in [3.63, 3.8) is 0 Å². The standard InChI is InChI=1S/C20H18F3NO2/c1-24(2)17-6-3-5-15(13-17)18(7-4-8-19(25)26)14-9-11-16(12-10-14)20(21,22)23/h3-13H,1-2H3,(H,25,26). The zero-order chi connectivity index (χ0) is 19.3. The summed E-state index contributed by atoms with van der Waals surface area (Å²) in [5.41, 5.74) is 2.14. The summed E-state index contributed by atoms with van der Waals surface area (Å²) in [5, 5.41) is 8.76. The van der Waals surface area contributed by atoms with Crippen LogP contribution in [0.1, 0.15) is 16.7 Å². The third-order valence-corrected chi connectivity index (χ3v) is 3.70. The molecule has 2 rings (SSSR count). The number of nitrogens with zero attached hydrogens (tertiary/aromatic N) is 1. The fourth-order valence-corrected chi connectivity index (χ4v) is 2.38. The molecule has 0 saturated heterocycles. The van der Waals surface area contributed by atoms with Crippen molar-refractivity contribution in [2.45, 2.75) is 6.18 Å². The highest BCUT2D eigenvalue weighted by Crippen LogP contribution is 2.32. The number of carboxylic acid groups (broad SMARTS) is 1. The van der Waals surface area contributed by atoms with E-state index in [4.69, 9.17) is 5.11 Å². The Labute approximate surface area is 149 Å². The van der Waals surface area contributed by atoms with Gasteiger partial charge in [0, 0.05) is 25.9 Å². The van der Waals surface area contributed by atoms with Gasteiger partial charge in [-0.2, -0.15) is 13.2 Å². The first-order chi connectivity index (χ1) is 12.2. The number of rotatable bonds is 5. The van der Waals surface area contributed by atoms with E-state index in [1.807, 2.05) is 43.3 Å². The number of allylic oxidation sites excluding steroid dienone is 2. The van der Waals surface area contributed by atoms with Gasteiger partial charge in [0.1, 0.15) is 0 Å². The first kappa shape index (κ1) is 19.3. The van der Waals surface area contributed by atoms with Crippen LogP contribution in [-0.4, -0.2) is 25.2 Å². The molecule has 136 valence electrons. The summed E-state index contributed by atoms with van der Waals surface area (Å²) in [4.78, 5) is 12.6. The Morgan fingerprint density at radius 3 is 2.23 bits per heavy atom. The van der Waals surface area contributed by atoms with Gasteiger partial charge in [-0.3, -0.25) is 0 Å². The highest BCUT2D eigenvalue weighted by Gasteiger charge is 2.30. The van der Waals surface area contributed by atoms with Crippen LogP contribution in [0.25, 0.3) is 5.57 Å². The Morgan fingerprint density at radius 2 is 1.69 bits per heavy atom. The first-order valence-electron chi connectivity index (χ1n) is 7.75. The van der Waals surface area contributed by atoms with Crippen LogP contribution in [-0.2, 0) is 11.0 Å². The van der Waals surface area contributed by atoms with Gasteiger partial charge in [0.2, 0.25) is 0 Å². The third-order valence-electron chi connectivity index (χ3n) is 3.70. The number of carboxylic acids is 1. The molecule has 1 N–H and O–H groups in total. The summed E-state index contributed by atoms with van der Waals surface area (Å²) in [6.07, 6.45) is -0.501. The molecule has 0 saturated carbocycles. The van der Waals surface area contributed by atoms with Crippen LogP contribution in [0.4, 0.5) is 18.9 Å². The van der Waals surface area contributed by atoms with Gasteiger partial charge in [0.05, 0.1) is 5.56 Å². The highest BCUT2D eigenvalue weighted by atomic mass is 19.4. The fraction of sp³-hybridized carbons (Fsp3) is 0.150. The summed E-state index contributed by atoms with van der Waals surface area (Å²) >= 11 is 0. The minimum absolute atomic E-state index is 0.559. The van der Waals surface area contributed by atoms with Crippen LogP contribution in [0.15, 0.2) is 66.8 Å². The largest absolute Gasteiger partial charge is 0.478 e. The molecule has 0 atom stereocenters. The van der Waals surface area contributed by atoms with Crippen molar-refractivity contribution in [1.82, 2.24) is 0 Å². The summed E-state index contributed by atoms with van der Waals surface area (Å²) in [6, 6.07) is 12.2. The van der Waals surface area contributed by atoms with Gasteiger partial charge in [-0.05, 0) is 41.0 Å². The predicted molar refractivity (Wildman–Crippen MR) is 96.1 cm³/mol. The second-order valence-electron chi connectivity index (χ2n) is 5.80. The van der Waals surface area contributed by atoms with Crippen molar-refractivity contribution >= 4 is 17.2 Å². The summed E-state index contributed by atoms with van der Waals surface area (Å²) in [5.74, 6) is -1.10. The maximum absolute atomic E-state index is 12.8. The molecule has 0 heterocycles. The Hall–Kier alpha value is -3.02. The number of hydrogen-bond donors (Lipinski definition) is 1. The molecule has 0 spiro atoms. The quantitative estimate of drug-likeness (QED) is 0.612. The number of aliphatic carboxylic acids is 1. The fourth-order valence-electron chi connectivity index (χ4n) is 2.38. The van der Waals surface area contributed by atoms with Crippen molar-refractivity contribution in [1.29, 1.82) is 0 Å². The maximum Gasteiger partial charge on any atom is 0.416 e. The molecule has 0 aromatic heterocycles. The lowest BCUT2D eigenvalue weighted by Gasteiger charge is -2.15. The molecule has 3 nitrogen and oxygen atoms in total. The van der Waals surface area contributed by atoms with E-state index in [-0.39, 0.29) is 0 Å². The van der Waals surface area contributed by atoms with Crippen LogP contribution in [0.3, 0.4) is 0 Å². The summed E-state index contributed by atoms with van der Waals surface area (Å²) in [6.45, 7) is 0. The molecule has 0 fully saturated rings. The predicted octanol–water partition coefficient (Wildman–Crippen LogP) is 4.84. The van der Waals surface area contributed by atoms with Gasteiger partial charge >= 0.3 is 12.1 Å². The molecule has 2 aromatic carbocycles. The lowest BCUT2D eigenvalue weighted by atomic mass is 9.96. The molecule has 0 aliphatic heterocycles. The number of anilines is 1. The highest BCUT2D eigenvalue weighted by molar-refractivity contribution is 5.84. The van der Waals surface area contributed by atoms with Crippen LogP contribution in [0.2, 0.25) is 0 Å². The topological polar surface area (TPSA) is 40.5 Å². The van der Waals surface area contributed by atoms with E-state index in [2.05, 4.69) is 0 Å². The zero-order valence-corrected chi connectivity index (χ0v) is 14.3. The number of alkyl halides is 3. The van der Waals surface area contributed by atoms with Crippen molar-refractivity contribution in [3.8, 4) is 0 Å². The molecule has 2 aromatic rings. The molecule has 6 heteroatoms. The second kappa shape index (κ2) is 7.91. The Bertz CT molecular complexity index is 835. The molecular weight excluding hydrogens is 343 g/mol. The smallest absolute Gasteiger partial charge is 0.416 e. The first-order valence-corrected chi connectivity index (χ1v) is 7.75. The van der Waals surface area contributed by atoms with E-state index in [0.29, 0.717) is 11.1 Å². The van der Waals surface area contributed by atoms with Gasteiger partial charge in [-0.25, -0.2) is 4.79 Å². The molecule has 0 unspecified atom stereocenters. The maximum atomic E-state index is 12.8. The Balaban J connectivity index is 2.51. The molecule has 0 aliphatic carbocycles. The van der Waals surface area contributed by atoms with Crippen molar-refractivity contribution < 1.29 is 23.1 Å². The molecule has 0 bridgehead atoms. The van der Waals surface area contributed by atoms with E-state index in [9.17, 15) is 18.0 Å². The normalized spacial score (nSPS) is 12.4. The average molecular weight is 361 g/mol. The number of carbonyl (C=O) groups is 1. The van der Waals surface area contributed by atoms with E-state index in [0.717, 1.165) is 29.5 Å². The zero-order valence-electron chi connectivity index (χ0n) is 14.3. The van der Waals surface area contributed by atoms with Crippen molar-refractivity contribution in [2.75, 3.05) is 19.0 Å². The Kier molecular flexibility index (Phi) is 5.87. The van der Waals surface area contributed by atoms with Gasteiger partial charge in [0.15, 0.2) is 0 Å². The average Bonchev–Trinajstić information content (AvgIpc) is 2.58. The van der Waals surface area contributed by atoms with E-state index in [1.54, 1.807) is 6.08 Å². The van der Waals surface area contributed by atoms with Crippen molar-refractivity contribution in [3.05, 3.63) is 83.4 Å². The Morgan fingerprint density at radius 1 is 1.04 bits per heavy atom.